The molecule has 0 saturated carbocycles. The van der Waals surface area contributed by atoms with Crippen LogP contribution in [-0.4, -0.2) is 30.2 Å². The molecule has 0 aliphatic rings. The van der Waals surface area contributed by atoms with Crippen LogP contribution in [0.3, 0.4) is 0 Å². The summed E-state index contributed by atoms with van der Waals surface area (Å²) in [6, 6.07) is 0. The number of imidazole rings is 1. The Kier molecular flexibility index (Phi) is 5.02. The number of hydrogen-bond acceptors (Lipinski definition) is 4. The van der Waals surface area contributed by atoms with Gasteiger partial charge >= 0.3 is 11.7 Å². The van der Waals surface area contributed by atoms with Crippen molar-refractivity contribution in [1.29, 1.82) is 0 Å². The van der Waals surface area contributed by atoms with Crippen molar-refractivity contribution in [1.82, 2.24) is 19.1 Å². The minimum Gasteiger partial charge on any atom is -0.481 e. The van der Waals surface area contributed by atoms with Crippen LogP contribution in [0.15, 0.2) is 9.59 Å². The fourth-order valence-electron chi connectivity index (χ4n) is 2.31. The number of aliphatic carboxylic acids is 1. The number of nitrogens with zero attached hydrogens (tertiary/aromatic N) is 3. The molecule has 0 unspecified atom stereocenters. The Bertz CT molecular complexity index is 805. The number of H-pyrrole nitrogens is 1. The third-order valence-electron chi connectivity index (χ3n) is 3.30. The van der Waals surface area contributed by atoms with Crippen LogP contribution in [0.1, 0.15) is 32.6 Å². The fourth-order valence-corrected chi connectivity index (χ4v) is 2.48. The molecule has 2 N–H and O–H groups in total. The molecule has 0 bridgehead atoms. The Balaban J connectivity index is 2.43. The molecule has 0 aliphatic heterocycles. The minimum absolute atomic E-state index is 0.00995. The number of aromatic amines is 1. The number of unbranched alkanes of at least 4 members (excludes halogenated alkanes) is 1. The van der Waals surface area contributed by atoms with Crippen LogP contribution in [0.4, 0.5) is 0 Å². The summed E-state index contributed by atoms with van der Waals surface area (Å²) in [5.41, 5.74) is -0.486. The lowest BCUT2D eigenvalue weighted by atomic mass is 10.2. The zero-order chi connectivity index (χ0) is 16.3. The molecule has 0 amide bonds. The summed E-state index contributed by atoms with van der Waals surface area (Å²) in [5.74, 6) is -0.897. The largest absolute Gasteiger partial charge is 0.481 e. The standard InChI is InChI=1S/C13H17ClN4O4/c1-2-6-17-10-9(15-12(14)16-10)11(21)18(13(17)22)7-4-3-5-8(19)20/h2-7H2,1H3,(H,15,16)(H,19,20). The van der Waals surface area contributed by atoms with Gasteiger partial charge < -0.3 is 10.1 Å². The van der Waals surface area contributed by atoms with Crippen LogP contribution in [0.2, 0.25) is 5.28 Å². The second-order valence-corrected chi connectivity index (χ2v) is 5.33. The van der Waals surface area contributed by atoms with E-state index in [-0.39, 0.29) is 29.4 Å². The van der Waals surface area contributed by atoms with Crippen LogP contribution in [0, 0.1) is 0 Å². The summed E-state index contributed by atoms with van der Waals surface area (Å²) in [4.78, 5) is 42.0. The van der Waals surface area contributed by atoms with Gasteiger partial charge in [-0.1, -0.05) is 6.92 Å². The predicted molar refractivity (Wildman–Crippen MR) is 81.4 cm³/mol. The van der Waals surface area contributed by atoms with Gasteiger partial charge in [0.15, 0.2) is 11.2 Å². The van der Waals surface area contributed by atoms with E-state index in [0.717, 1.165) is 4.57 Å². The number of fused-ring (bicyclic) bond motifs is 1. The van der Waals surface area contributed by atoms with Crippen LogP contribution in [0.25, 0.3) is 11.2 Å². The van der Waals surface area contributed by atoms with Gasteiger partial charge in [0, 0.05) is 19.5 Å². The molecular formula is C13H17ClN4O4. The van der Waals surface area contributed by atoms with Crippen LogP contribution < -0.4 is 11.2 Å². The van der Waals surface area contributed by atoms with Crippen LogP contribution >= 0.6 is 11.6 Å². The molecular weight excluding hydrogens is 312 g/mol. The van der Waals surface area contributed by atoms with Gasteiger partial charge in [0.1, 0.15) is 0 Å². The normalized spacial score (nSPS) is 11.2. The molecule has 2 aromatic heterocycles. The first-order chi connectivity index (χ1) is 10.5. The highest BCUT2D eigenvalue weighted by atomic mass is 35.5. The summed E-state index contributed by atoms with van der Waals surface area (Å²) in [6.45, 7) is 2.50. The number of carbonyl (C=O) groups is 1. The molecule has 0 spiro atoms. The number of aromatic nitrogens is 4. The first-order valence-electron chi connectivity index (χ1n) is 7.06. The van der Waals surface area contributed by atoms with Gasteiger partial charge in [-0.2, -0.15) is 4.98 Å². The number of nitrogens with one attached hydrogen (secondary N) is 1. The van der Waals surface area contributed by atoms with E-state index in [9.17, 15) is 14.4 Å². The lowest BCUT2D eigenvalue weighted by Crippen LogP contribution is -2.40. The lowest BCUT2D eigenvalue weighted by Gasteiger charge is -2.10. The average molecular weight is 329 g/mol. The smallest absolute Gasteiger partial charge is 0.332 e. The summed E-state index contributed by atoms with van der Waals surface area (Å²) in [6.07, 6.45) is 1.55. The maximum Gasteiger partial charge on any atom is 0.332 e. The number of halogens is 1. The Labute approximate surface area is 130 Å². The van der Waals surface area contributed by atoms with Gasteiger partial charge in [0.05, 0.1) is 0 Å². The van der Waals surface area contributed by atoms with Crippen LogP contribution in [0.5, 0.6) is 0 Å². The maximum atomic E-state index is 12.4. The van der Waals surface area contributed by atoms with Crippen molar-refractivity contribution in [2.45, 2.75) is 45.7 Å². The van der Waals surface area contributed by atoms with Crippen molar-refractivity contribution in [2.75, 3.05) is 0 Å². The van der Waals surface area contributed by atoms with E-state index in [2.05, 4.69) is 9.97 Å². The molecule has 8 nitrogen and oxygen atoms in total. The van der Waals surface area contributed by atoms with Gasteiger partial charge in [0.2, 0.25) is 5.28 Å². The molecule has 0 atom stereocenters. The van der Waals surface area contributed by atoms with Crippen molar-refractivity contribution >= 4 is 28.7 Å². The summed E-state index contributed by atoms with van der Waals surface area (Å²) >= 11 is 5.80. The fraction of sp³-hybridized carbons (Fsp3) is 0.538. The highest BCUT2D eigenvalue weighted by molar-refractivity contribution is 6.28. The maximum absolute atomic E-state index is 12.4. The molecule has 2 aromatic rings. The molecule has 9 heteroatoms. The molecule has 0 aliphatic carbocycles. The number of carboxylic acids is 1. The van der Waals surface area contributed by atoms with E-state index in [0.29, 0.717) is 25.8 Å². The van der Waals surface area contributed by atoms with Crippen molar-refractivity contribution < 1.29 is 9.90 Å². The topological polar surface area (TPSA) is 110 Å². The first-order valence-corrected chi connectivity index (χ1v) is 7.44. The molecule has 0 fully saturated rings. The molecule has 2 heterocycles. The number of hydrogen-bond donors (Lipinski definition) is 2. The molecule has 0 aromatic carbocycles. The number of rotatable bonds is 7. The Morgan fingerprint density at radius 1 is 1.27 bits per heavy atom. The number of aryl methyl sites for hydroxylation is 1. The van der Waals surface area contributed by atoms with E-state index >= 15 is 0 Å². The third kappa shape index (κ3) is 3.22. The first kappa shape index (κ1) is 16.3. The minimum atomic E-state index is -0.897. The highest BCUT2D eigenvalue weighted by Crippen LogP contribution is 2.10. The summed E-state index contributed by atoms with van der Waals surface area (Å²) < 4.78 is 2.52. The number of carboxylic acid groups (broad SMARTS) is 1. The van der Waals surface area contributed by atoms with Crippen molar-refractivity contribution in [3.8, 4) is 0 Å². The van der Waals surface area contributed by atoms with Gasteiger partial charge in [-0.3, -0.25) is 18.7 Å². The van der Waals surface area contributed by atoms with E-state index in [4.69, 9.17) is 16.7 Å². The molecule has 0 radical (unpaired) electrons. The van der Waals surface area contributed by atoms with E-state index in [1.807, 2.05) is 6.92 Å². The zero-order valence-electron chi connectivity index (χ0n) is 12.1. The second kappa shape index (κ2) is 6.78. The lowest BCUT2D eigenvalue weighted by molar-refractivity contribution is -0.137. The van der Waals surface area contributed by atoms with Crippen molar-refractivity contribution in [2.24, 2.45) is 0 Å². The molecule has 2 rings (SSSR count). The molecule has 0 saturated heterocycles. The Morgan fingerprint density at radius 3 is 2.64 bits per heavy atom. The zero-order valence-corrected chi connectivity index (χ0v) is 12.9. The molecule has 22 heavy (non-hydrogen) atoms. The SMILES string of the molecule is CCCn1c(=O)n(CCCCC(=O)O)c(=O)c2[nH]c(Cl)nc21. The van der Waals surface area contributed by atoms with Crippen LogP contribution in [-0.2, 0) is 17.9 Å². The van der Waals surface area contributed by atoms with Gasteiger partial charge in [0.25, 0.3) is 5.56 Å². The highest BCUT2D eigenvalue weighted by Gasteiger charge is 2.16. The summed E-state index contributed by atoms with van der Waals surface area (Å²) in [7, 11) is 0. The average Bonchev–Trinajstić information content (AvgIpc) is 2.84. The Morgan fingerprint density at radius 2 is 2.00 bits per heavy atom. The van der Waals surface area contributed by atoms with E-state index in [1.165, 1.54) is 4.57 Å². The van der Waals surface area contributed by atoms with Gasteiger partial charge in [-0.15, -0.1) is 0 Å². The van der Waals surface area contributed by atoms with Gasteiger partial charge in [-0.05, 0) is 30.9 Å². The van der Waals surface area contributed by atoms with Crippen molar-refractivity contribution in [3.63, 3.8) is 0 Å². The molecule has 120 valence electrons. The quantitative estimate of drug-likeness (QED) is 0.586. The Hall–Kier alpha value is -2.09. The van der Waals surface area contributed by atoms with E-state index < -0.39 is 17.2 Å². The third-order valence-corrected chi connectivity index (χ3v) is 3.48. The monoisotopic (exact) mass is 328 g/mol. The van der Waals surface area contributed by atoms with Crippen molar-refractivity contribution in [3.05, 3.63) is 26.1 Å². The van der Waals surface area contributed by atoms with Gasteiger partial charge in [-0.25, -0.2) is 4.79 Å². The van der Waals surface area contributed by atoms with E-state index in [1.54, 1.807) is 0 Å². The second-order valence-electron chi connectivity index (χ2n) is 4.97. The summed E-state index contributed by atoms with van der Waals surface area (Å²) in [5, 5.41) is 8.67. The predicted octanol–water partition coefficient (Wildman–Crippen LogP) is 1.20.